The number of ether oxygens (including phenoxy) is 1. The van der Waals surface area contributed by atoms with Gasteiger partial charge in [0.05, 0.1) is 4.92 Å². The van der Waals surface area contributed by atoms with Crippen LogP contribution in [-0.2, 0) is 4.79 Å². The molecule has 0 aliphatic rings. The highest BCUT2D eigenvalue weighted by molar-refractivity contribution is 5.92. The van der Waals surface area contributed by atoms with Crippen molar-refractivity contribution in [1.82, 2.24) is 0 Å². The van der Waals surface area contributed by atoms with E-state index >= 15 is 0 Å². The van der Waals surface area contributed by atoms with Crippen LogP contribution in [0.2, 0.25) is 0 Å². The maximum Gasteiger partial charge on any atom is 0.274 e. The Labute approximate surface area is 138 Å². The van der Waals surface area contributed by atoms with Crippen LogP contribution >= 0.6 is 0 Å². The summed E-state index contributed by atoms with van der Waals surface area (Å²) in [5, 5.41) is 13.0. The number of nitrogens with zero attached hydrogens (tertiary/aromatic N) is 1. The molecule has 25 heavy (non-hydrogen) atoms. The Morgan fingerprint density at radius 1 is 1.16 bits per heavy atom. The topological polar surface area (TPSA) is 81.5 Å². The number of carbonyl (C=O) groups excluding carboxylic acids is 1. The lowest BCUT2D eigenvalue weighted by Crippen LogP contribution is -2.21. The summed E-state index contributed by atoms with van der Waals surface area (Å²) in [5.41, 5.74) is 0.152. The van der Waals surface area contributed by atoms with Gasteiger partial charge < -0.3 is 10.1 Å². The molecule has 0 unspecified atom stereocenters. The molecule has 0 aliphatic heterocycles. The Morgan fingerprint density at radius 2 is 1.76 bits per heavy atom. The van der Waals surface area contributed by atoms with Crippen LogP contribution in [0.5, 0.6) is 5.75 Å². The van der Waals surface area contributed by atoms with Gasteiger partial charge in [-0.3, -0.25) is 14.9 Å². The zero-order chi connectivity index (χ0) is 18.7. The number of nitro groups is 1. The zero-order valence-electron chi connectivity index (χ0n) is 12.6. The molecule has 0 saturated carbocycles. The minimum Gasteiger partial charge on any atom is -0.477 e. The molecular formula is C15H10F4N2O4. The van der Waals surface area contributed by atoms with Crippen LogP contribution in [-0.4, -0.2) is 17.4 Å². The van der Waals surface area contributed by atoms with Gasteiger partial charge in [0.2, 0.25) is 11.6 Å². The summed E-state index contributed by atoms with van der Waals surface area (Å²) in [7, 11) is 0. The number of halogens is 4. The van der Waals surface area contributed by atoms with E-state index in [1.807, 2.05) is 0 Å². The number of hydrogen-bond donors (Lipinski definition) is 1. The molecule has 0 spiro atoms. The van der Waals surface area contributed by atoms with Crippen molar-refractivity contribution in [2.75, 3.05) is 11.9 Å². The third kappa shape index (κ3) is 4.03. The predicted molar refractivity (Wildman–Crippen MR) is 78.2 cm³/mol. The SMILES string of the molecule is Cc1ccc(NC(=O)COc2c(F)c(F)cc(F)c2F)cc1[N+](=O)[O-]. The van der Waals surface area contributed by atoms with Crippen LogP contribution in [0.3, 0.4) is 0 Å². The van der Waals surface area contributed by atoms with E-state index in [4.69, 9.17) is 0 Å². The lowest BCUT2D eigenvalue weighted by molar-refractivity contribution is -0.385. The summed E-state index contributed by atoms with van der Waals surface area (Å²) in [6.45, 7) is 0.523. The van der Waals surface area contributed by atoms with Crippen molar-refractivity contribution in [3.05, 3.63) is 63.2 Å². The fourth-order valence-corrected chi connectivity index (χ4v) is 1.90. The van der Waals surface area contributed by atoms with Gasteiger partial charge >= 0.3 is 0 Å². The number of rotatable bonds is 5. The van der Waals surface area contributed by atoms with Crippen molar-refractivity contribution in [1.29, 1.82) is 0 Å². The third-order valence-electron chi connectivity index (χ3n) is 3.11. The van der Waals surface area contributed by atoms with E-state index in [1.54, 1.807) is 0 Å². The molecule has 6 nitrogen and oxygen atoms in total. The Balaban J connectivity index is 2.10. The van der Waals surface area contributed by atoms with Crippen molar-refractivity contribution in [2.24, 2.45) is 0 Å². The van der Waals surface area contributed by atoms with Crippen LogP contribution in [0.1, 0.15) is 5.56 Å². The molecule has 0 aromatic heterocycles. The summed E-state index contributed by atoms with van der Waals surface area (Å²) in [5.74, 6) is -9.23. The third-order valence-corrected chi connectivity index (χ3v) is 3.11. The van der Waals surface area contributed by atoms with Crippen LogP contribution in [0.25, 0.3) is 0 Å². The number of nitro benzene ring substituents is 1. The normalized spacial score (nSPS) is 10.4. The number of nitrogens with one attached hydrogen (secondary N) is 1. The van der Waals surface area contributed by atoms with Gasteiger partial charge in [-0.25, -0.2) is 8.78 Å². The van der Waals surface area contributed by atoms with Crippen LogP contribution in [0.4, 0.5) is 28.9 Å². The van der Waals surface area contributed by atoms with Gasteiger partial charge in [0.15, 0.2) is 24.0 Å². The molecule has 132 valence electrons. The fraction of sp³-hybridized carbons (Fsp3) is 0.133. The van der Waals surface area contributed by atoms with Crippen molar-refractivity contribution < 1.29 is 32.0 Å². The summed E-state index contributed by atoms with van der Waals surface area (Å²) < 4.78 is 57.3. The molecular weight excluding hydrogens is 348 g/mol. The second kappa shape index (κ2) is 7.16. The minimum atomic E-state index is -1.78. The van der Waals surface area contributed by atoms with E-state index in [0.29, 0.717) is 5.56 Å². The summed E-state index contributed by atoms with van der Waals surface area (Å²) in [6.07, 6.45) is 0. The second-order valence-electron chi connectivity index (χ2n) is 4.89. The number of aryl methyl sites for hydroxylation is 1. The minimum absolute atomic E-state index is 0.00301. The molecule has 0 atom stereocenters. The molecule has 2 aromatic rings. The Morgan fingerprint density at radius 3 is 2.32 bits per heavy atom. The molecule has 0 heterocycles. The van der Waals surface area contributed by atoms with Gasteiger partial charge in [-0.05, 0) is 13.0 Å². The molecule has 1 amide bonds. The molecule has 10 heteroatoms. The average Bonchev–Trinajstić information content (AvgIpc) is 2.54. The summed E-state index contributed by atoms with van der Waals surface area (Å²) >= 11 is 0. The molecule has 0 aliphatic carbocycles. The monoisotopic (exact) mass is 358 g/mol. The molecule has 2 rings (SSSR count). The first-order valence-corrected chi connectivity index (χ1v) is 6.71. The van der Waals surface area contributed by atoms with Gasteiger partial charge in [0.25, 0.3) is 11.6 Å². The van der Waals surface area contributed by atoms with E-state index < -0.39 is 46.5 Å². The first-order chi connectivity index (χ1) is 11.7. The lowest BCUT2D eigenvalue weighted by Gasteiger charge is -2.10. The predicted octanol–water partition coefficient (Wildman–Crippen LogP) is 3.48. The van der Waals surface area contributed by atoms with Crippen molar-refractivity contribution in [3.63, 3.8) is 0 Å². The number of anilines is 1. The summed E-state index contributed by atoms with van der Waals surface area (Å²) in [4.78, 5) is 21.9. The van der Waals surface area contributed by atoms with Crippen molar-refractivity contribution >= 4 is 17.3 Å². The Kier molecular flexibility index (Phi) is 5.20. The smallest absolute Gasteiger partial charge is 0.274 e. The molecule has 0 fully saturated rings. The molecule has 1 N–H and O–H groups in total. The van der Waals surface area contributed by atoms with Crippen molar-refractivity contribution in [3.8, 4) is 5.75 Å². The fourth-order valence-electron chi connectivity index (χ4n) is 1.90. The Hall–Kier alpha value is -3.17. The second-order valence-corrected chi connectivity index (χ2v) is 4.89. The van der Waals surface area contributed by atoms with Gasteiger partial charge in [-0.2, -0.15) is 8.78 Å². The lowest BCUT2D eigenvalue weighted by atomic mass is 10.2. The van der Waals surface area contributed by atoms with Gasteiger partial charge in [-0.15, -0.1) is 0 Å². The van der Waals surface area contributed by atoms with Gasteiger partial charge in [-0.1, -0.05) is 6.07 Å². The standard InChI is InChI=1S/C15H10F4N2O4/c1-7-2-3-8(4-11(7)21(23)24)20-12(22)6-25-15-13(18)9(16)5-10(17)14(15)19/h2-5H,6H2,1H3,(H,20,22). The van der Waals surface area contributed by atoms with E-state index in [2.05, 4.69) is 10.1 Å². The highest BCUT2D eigenvalue weighted by Gasteiger charge is 2.21. The zero-order valence-corrected chi connectivity index (χ0v) is 12.6. The van der Waals surface area contributed by atoms with E-state index in [9.17, 15) is 32.5 Å². The molecule has 2 aromatic carbocycles. The van der Waals surface area contributed by atoms with E-state index in [0.717, 1.165) is 6.07 Å². The van der Waals surface area contributed by atoms with Crippen LogP contribution in [0, 0.1) is 40.3 Å². The first-order valence-electron chi connectivity index (χ1n) is 6.71. The van der Waals surface area contributed by atoms with Crippen LogP contribution < -0.4 is 10.1 Å². The van der Waals surface area contributed by atoms with Gasteiger partial charge in [0, 0.05) is 23.4 Å². The Bertz CT molecular complexity index is 832. The highest BCUT2D eigenvalue weighted by Crippen LogP contribution is 2.26. The van der Waals surface area contributed by atoms with Crippen LogP contribution in [0.15, 0.2) is 24.3 Å². The molecule has 0 bridgehead atoms. The van der Waals surface area contributed by atoms with E-state index in [1.165, 1.54) is 19.1 Å². The highest BCUT2D eigenvalue weighted by atomic mass is 19.2. The molecule has 0 radical (unpaired) electrons. The average molecular weight is 358 g/mol. The van der Waals surface area contributed by atoms with Gasteiger partial charge in [0.1, 0.15) is 0 Å². The number of amides is 1. The maximum atomic E-state index is 13.4. The molecule has 0 saturated heterocycles. The number of carbonyl (C=O) groups is 1. The first kappa shape index (κ1) is 18.2. The van der Waals surface area contributed by atoms with E-state index in [-0.39, 0.29) is 17.4 Å². The van der Waals surface area contributed by atoms with Crippen molar-refractivity contribution in [2.45, 2.75) is 6.92 Å². The largest absolute Gasteiger partial charge is 0.477 e. The number of hydrogen-bond acceptors (Lipinski definition) is 4. The maximum absolute atomic E-state index is 13.4. The quantitative estimate of drug-likeness (QED) is 0.384. The number of benzene rings is 2. The summed E-state index contributed by atoms with van der Waals surface area (Å²) in [6, 6.07) is 3.83.